The highest BCUT2D eigenvalue weighted by molar-refractivity contribution is 7.17. The highest BCUT2D eigenvalue weighted by atomic mass is 32.1. The molecule has 0 bridgehead atoms. The smallest absolute Gasteiger partial charge is 0.126 e. The summed E-state index contributed by atoms with van der Waals surface area (Å²) in [5, 5.41) is 10.9. The van der Waals surface area contributed by atoms with Gasteiger partial charge in [-0.1, -0.05) is 6.07 Å². The van der Waals surface area contributed by atoms with Gasteiger partial charge in [0, 0.05) is 17.1 Å². The maximum atomic E-state index is 8.88. The quantitative estimate of drug-likeness (QED) is 0.715. The van der Waals surface area contributed by atoms with Crippen molar-refractivity contribution >= 4 is 21.6 Å². The zero-order valence-corrected chi connectivity index (χ0v) is 11.1. The van der Waals surface area contributed by atoms with Gasteiger partial charge in [0.15, 0.2) is 0 Å². The van der Waals surface area contributed by atoms with Gasteiger partial charge in [0.25, 0.3) is 0 Å². The maximum absolute atomic E-state index is 8.88. The van der Waals surface area contributed by atoms with Gasteiger partial charge in [0.05, 0.1) is 34.1 Å². The molecule has 0 aliphatic heterocycles. The number of fused-ring (bicyclic) bond motifs is 1. The molecule has 0 N–H and O–H groups in total. The summed E-state index contributed by atoms with van der Waals surface area (Å²) >= 11 is 1.57. The van der Waals surface area contributed by atoms with Crippen LogP contribution in [-0.4, -0.2) is 15.0 Å². The van der Waals surface area contributed by atoms with Crippen molar-refractivity contribution in [1.29, 1.82) is 5.26 Å². The van der Waals surface area contributed by atoms with Crippen molar-refractivity contribution in [1.82, 2.24) is 15.0 Å². The standard InChI is InChI=1S/C14H10N4S/c1-9-17-12(5-6-15)14-13(18-9)10(8-19-14)11-4-2-3-7-16-11/h2-4,7-8H,5H2,1H3. The van der Waals surface area contributed by atoms with Crippen LogP contribution in [0.3, 0.4) is 0 Å². The average Bonchev–Trinajstić information content (AvgIpc) is 2.84. The van der Waals surface area contributed by atoms with E-state index in [4.69, 9.17) is 5.26 Å². The first kappa shape index (κ1) is 11.8. The number of aromatic nitrogens is 3. The maximum Gasteiger partial charge on any atom is 0.126 e. The molecule has 5 heteroatoms. The topological polar surface area (TPSA) is 62.5 Å². The third-order valence-corrected chi connectivity index (χ3v) is 3.80. The zero-order chi connectivity index (χ0) is 13.2. The van der Waals surface area contributed by atoms with Gasteiger partial charge in [-0.05, 0) is 19.1 Å². The molecular weight excluding hydrogens is 256 g/mol. The number of nitrogens with zero attached hydrogens (tertiary/aromatic N) is 4. The van der Waals surface area contributed by atoms with Crippen LogP contribution in [-0.2, 0) is 6.42 Å². The van der Waals surface area contributed by atoms with Gasteiger partial charge in [-0.15, -0.1) is 11.3 Å². The first-order chi connectivity index (χ1) is 9.29. The average molecular weight is 266 g/mol. The largest absolute Gasteiger partial charge is 0.256 e. The number of hydrogen-bond donors (Lipinski definition) is 0. The lowest BCUT2D eigenvalue weighted by Crippen LogP contribution is -1.95. The predicted octanol–water partition coefficient (Wildman–Crippen LogP) is 3.13. The van der Waals surface area contributed by atoms with Crippen molar-refractivity contribution in [3.05, 3.63) is 41.3 Å². The first-order valence-corrected chi connectivity index (χ1v) is 6.70. The summed E-state index contributed by atoms with van der Waals surface area (Å²) in [7, 11) is 0. The molecule has 0 aromatic carbocycles. The van der Waals surface area contributed by atoms with E-state index in [0.717, 1.165) is 27.2 Å². The van der Waals surface area contributed by atoms with Gasteiger partial charge in [0.1, 0.15) is 5.82 Å². The Kier molecular flexibility index (Phi) is 2.94. The molecule has 3 heterocycles. The number of pyridine rings is 1. The summed E-state index contributed by atoms with van der Waals surface area (Å²) < 4.78 is 0.979. The van der Waals surface area contributed by atoms with Crippen LogP contribution >= 0.6 is 11.3 Å². The lowest BCUT2D eigenvalue weighted by molar-refractivity contribution is 1.02. The number of aryl methyl sites for hydroxylation is 1. The molecule has 0 atom stereocenters. The molecule has 92 valence electrons. The van der Waals surface area contributed by atoms with Crippen LogP contribution in [0, 0.1) is 18.3 Å². The molecule has 0 aliphatic carbocycles. The molecule has 0 amide bonds. The summed E-state index contributed by atoms with van der Waals surface area (Å²) in [6.45, 7) is 1.85. The Labute approximate surface area is 114 Å². The van der Waals surface area contributed by atoms with Crippen LogP contribution in [0.4, 0.5) is 0 Å². The third-order valence-electron chi connectivity index (χ3n) is 2.78. The first-order valence-electron chi connectivity index (χ1n) is 5.82. The van der Waals surface area contributed by atoms with Crippen LogP contribution in [0.2, 0.25) is 0 Å². The van der Waals surface area contributed by atoms with Crippen LogP contribution in [0.15, 0.2) is 29.8 Å². The van der Waals surface area contributed by atoms with Crippen LogP contribution < -0.4 is 0 Å². The Bertz CT molecular complexity index is 771. The Morgan fingerprint density at radius 3 is 2.95 bits per heavy atom. The van der Waals surface area contributed by atoms with E-state index < -0.39 is 0 Å². The minimum absolute atomic E-state index is 0.308. The van der Waals surface area contributed by atoms with Crippen molar-refractivity contribution in [2.24, 2.45) is 0 Å². The minimum Gasteiger partial charge on any atom is -0.256 e. The Hall–Kier alpha value is -2.32. The van der Waals surface area contributed by atoms with E-state index in [9.17, 15) is 0 Å². The van der Waals surface area contributed by atoms with Gasteiger partial charge in [-0.25, -0.2) is 9.97 Å². The van der Waals surface area contributed by atoms with Gasteiger partial charge in [0.2, 0.25) is 0 Å². The van der Waals surface area contributed by atoms with Crippen LogP contribution in [0.25, 0.3) is 21.5 Å². The summed E-state index contributed by atoms with van der Waals surface area (Å²) in [6.07, 6.45) is 2.07. The molecule has 19 heavy (non-hydrogen) atoms. The molecular formula is C14H10N4S. The Balaban J connectivity index is 2.27. The van der Waals surface area contributed by atoms with Crippen LogP contribution in [0.5, 0.6) is 0 Å². The van der Waals surface area contributed by atoms with Crippen molar-refractivity contribution in [3.8, 4) is 17.3 Å². The zero-order valence-electron chi connectivity index (χ0n) is 10.3. The SMILES string of the molecule is Cc1nc(CC#N)c2scc(-c3ccccn3)c2n1. The van der Waals surface area contributed by atoms with Crippen molar-refractivity contribution in [2.75, 3.05) is 0 Å². The van der Waals surface area contributed by atoms with E-state index in [1.54, 1.807) is 17.5 Å². The summed E-state index contributed by atoms with van der Waals surface area (Å²) in [4.78, 5) is 13.2. The van der Waals surface area contributed by atoms with Crippen molar-refractivity contribution < 1.29 is 0 Å². The number of thiophene rings is 1. The molecule has 0 fully saturated rings. The second kappa shape index (κ2) is 4.75. The fourth-order valence-corrected chi connectivity index (χ4v) is 2.99. The predicted molar refractivity (Wildman–Crippen MR) is 74.7 cm³/mol. The van der Waals surface area contributed by atoms with Crippen molar-refractivity contribution in [2.45, 2.75) is 13.3 Å². The minimum atomic E-state index is 0.308. The number of rotatable bonds is 2. The van der Waals surface area contributed by atoms with E-state index in [1.807, 2.05) is 30.5 Å². The van der Waals surface area contributed by atoms with E-state index in [-0.39, 0.29) is 0 Å². The van der Waals surface area contributed by atoms with Crippen molar-refractivity contribution in [3.63, 3.8) is 0 Å². The number of hydrogen-bond acceptors (Lipinski definition) is 5. The van der Waals surface area contributed by atoms with Gasteiger partial charge in [-0.2, -0.15) is 5.26 Å². The second-order valence-electron chi connectivity index (χ2n) is 4.09. The Morgan fingerprint density at radius 2 is 2.21 bits per heavy atom. The van der Waals surface area contributed by atoms with Gasteiger partial charge >= 0.3 is 0 Å². The number of nitriles is 1. The molecule has 0 saturated heterocycles. The van der Waals surface area contributed by atoms with E-state index in [0.29, 0.717) is 12.2 Å². The summed E-state index contributed by atoms with van der Waals surface area (Å²) in [5.74, 6) is 0.688. The highest BCUT2D eigenvalue weighted by Crippen LogP contribution is 2.33. The summed E-state index contributed by atoms with van der Waals surface area (Å²) in [5.41, 5.74) is 3.60. The van der Waals surface area contributed by atoms with E-state index >= 15 is 0 Å². The monoisotopic (exact) mass is 266 g/mol. The highest BCUT2D eigenvalue weighted by Gasteiger charge is 2.13. The normalized spacial score (nSPS) is 10.5. The molecule has 3 rings (SSSR count). The van der Waals surface area contributed by atoms with E-state index in [2.05, 4.69) is 21.0 Å². The molecule has 0 unspecified atom stereocenters. The molecule has 0 radical (unpaired) electrons. The van der Waals surface area contributed by atoms with Gasteiger partial charge < -0.3 is 0 Å². The fraction of sp³-hybridized carbons (Fsp3) is 0.143. The summed E-state index contributed by atoms with van der Waals surface area (Å²) in [6, 6.07) is 7.96. The third kappa shape index (κ3) is 2.07. The molecule has 0 aliphatic rings. The second-order valence-corrected chi connectivity index (χ2v) is 4.97. The lowest BCUT2D eigenvalue weighted by Gasteiger charge is -2.01. The van der Waals surface area contributed by atoms with E-state index in [1.165, 1.54) is 0 Å². The van der Waals surface area contributed by atoms with Crippen LogP contribution in [0.1, 0.15) is 11.5 Å². The lowest BCUT2D eigenvalue weighted by atomic mass is 10.1. The molecule has 0 saturated carbocycles. The molecule has 3 aromatic heterocycles. The molecule has 4 nitrogen and oxygen atoms in total. The fourth-order valence-electron chi connectivity index (χ4n) is 2.00. The molecule has 0 spiro atoms. The van der Waals surface area contributed by atoms with Gasteiger partial charge in [-0.3, -0.25) is 4.98 Å². The molecule has 3 aromatic rings. The Morgan fingerprint density at radius 1 is 1.32 bits per heavy atom.